The number of H-pyrrole nitrogens is 1. The van der Waals surface area contributed by atoms with Gasteiger partial charge in [-0.05, 0) is 30.5 Å². The molecule has 0 atom stereocenters. The van der Waals surface area contributed by atoms with Gasteiger partial charge < -0.3 is 9.88 Å². The summed E-state index contributed by atoms with van der Waals surface area (Å²) < 4.78 is 0. The molecule has 2 aliphatic rings. The molecular formula is C19H22N4O2. The van der Waals surface area contributed by atoms with Crippen LogP contribution >= 0.6 is 0 Å². The summed E-state index contributed by atoms with van der Waals surface area (Å²) in [6, 6.07) is 8.53. The molecule has 1 aromatic carbocycles. The van der Waals surface area contributed by atoms with Crippen LogP contribution in [0.5, 0.6) is 0 Å². The van der Waals surface area contributed by atoms with Gasteiger partial charge in [0, 0.05) is 31.6 Å². The van der Waals surface area contributed by atoms with Gasteiger partial charge in [-0.1, -0.05) is 24.3 Å². The quantitative estimate of drug-likeness (QED) is 0.916. The number of hydrogen-bond donors (Lipinski definition) is 1. The Morgan fingerprint density at radius 1 is 1.16 bits per heavy atom. The van der Waals surface area contributed by atoms with Crippen LogP contribution in [-0.2, 0) is 30.8 Å². The first-order valence-electron chi connectivity index (χ1n) is 8.83. The summed E-state index contributed by atoms with van der Waals surface area (Å²) in [6.07, 6.45) is 3.41. The van der Waals surface area contributed by atoms with E-state index >= 15 is 0 Å². The zero-order valence-electron chi connectivity index (χ0n) is 14.2. The molecule has 0 saturated carbocycles. The number of aromatic nitrogens is 2. The van der Waals surface area contributed by atoms with Gasteiger partial charge in [-0.3, -0.25) is 14.5 Å². The Kier molecular flexibility index (Phi) is 4.36. The second kappa shape index (κ2) is 6.80. The summed E-state index contributed by atoms with van der Waals surface area (Å²) in [5, 5.41) is 0. The summed E-state index contributed by atoms with van der Waals surface area (Å²) in [5.41, 5.74) is 4.18. The van der Waals surface area contributed by atoms with Crippen molar-refractivity contribution in [1.82, 2.24) is 19.8 Å². The summed E-state index contributed by atoms with van der Waals surface area (Å²) in [4.78, 5) is 35.3. The highest BCUT2D eigenvalue weighted by Gasteiger charge is 2.24. The van der Waals surface area contributed by atoms with E-state index in [2.05, 4.69) is 39.1 Å². The standard InChI is InChI=1S/C19H22N4O2/c24-18(23-9-7-16-17(12-23)20-13-21-19(16)25)6-3-8-22-10-14-4-1-2-5-15(14)11-22/h1-2,4-5,13H,3,6-12H2,(H,20,21,25). The Balaban J connectivity index is 1.27. The van der Waals surface area contributed by atoms with Crippen molar-refractivity contribution >= 4 is 5.91 Å². The van der Waals surface area contributed by atoms with Crippen LogP contribution in [0.3, 0.4) is 0 Å². The lowest BCUT2D eigenvalue weighted by Gasteiger charge is -2.27. The van der Waals surface area contributed by atoms with Crippen LogP contribution < -0.4 is 5.56 Å². The van der Waals surface area contributed by atoms with Gasteiger partial charge in [0.2, 0.25) is 5.91 Å². The predicted molar refractivity (Wildman–Crippen MR) is 93.8 cm³/mol. The maximum absolute atomic E-state index is 12.5. The van der Waals surface area contributed by atoms with Crippen molar-refractivity contribution in [3.63, 3.8) is 0 Å². The summed E-state index contributed by atoms with van der Waals surface area (Å²) in [6.45, 7) is 3.95. The first-order valence-corrected chi connectivity index (χ1v) is 8.83. The molecular weight excluding hydrogens is 316 g/mol. The van der Waals surface area contributed by atoms with Crippen LogP contribution in [0.2, 0.25) is 0 Å². The molecule has 2 aromatic rings. The minimum absolute atomic E-state index is 0.0781. The van der Waals surface area contributed by atoms with Gasteiger partial charge in [0.1, 0.15) is 0 Å². The first-order chi connectivity index (χ1) is 12.2. The fourth-order valence-electron chi connectivity index (χ4n) is 3.75. The fourth-order valence-corrected chi connectivity index (χ4v) is 3.75. The highest BCUT2D eigenvalue weighted by molar-refractivity contribution is 5.76. The summed E-state index contributed by atoms with van der Waals surface area (Å²) in [7, 11) is 0. The molecule has 0 fully saturated rings. The number of hydrogen-bond acceptors (Lipinski definition) is 4. The third-order valence-electron chi connectivity index (χ3n) is 5.13. The molecule has 6 heteroatoms. The van der Waals surface area contributed by atoms with E-state index in [0.717, 1.165) is 37.3 Å². The SMILES string of the molecule is O=C(CCCN1Cc2ccccc2C1)N1CCc2c(nc[nH]c2=O)C1. The van der Waals surface area contributed by atoms with Gasteiger partial charge >= 0.3 is 0 Å². The molecule has 25 heavy (non-hydrogen) atoms. The first kappa shape index (κ1) is 16.0. The lowest BCUT2D eigenvalue weighted by molar-refractivity contribution is -0.132. The van der Waals surface area contributed by atoms with Crippen LogP contribution in [-0.4, -0.2) is 38.8 Å². The van der Waals surface area contributed by atoms with Crippen LogP contribution in [0.25, 0.3) is 0 Å². The van der Waals surface area contributed by atoms with Gasteiger partial charge in [-0.2, -0.15) is 0 Å². The Labute approximate surface area is 146 Å². The van der Waals surface area contributed by atoms with E-state index in [1.165, 1.54) is 17.5 Å². The molecule has 0 bridgehead atoms. The van der Waals surface area contributed by atoms with E-state index < -0.39 is 0 Å². The Morgan fingerprint density at radius 2 is 1.92 bits per heavy atom. The smallest absolute Gasteiger partial charge is 0.254 e. The van der Waals surface area contributed by atoms with E-state index in [0.29, 0.717) is 25.9 Å². The number of nitrogens with zero attached hydrogens (tertiary/aromatic N) is 3. The van der Waals surface area contributed by atoms with Crippen LogP contribution in [0.4, 0.5) is 0 Å². The number of benzene rings is 1. The number of amides is 1. The van der Waals surface area contributed by atoms with Gasteiger partial charge in [-0.25, -0.2) is 4.98 Å². The zero-order valence-corrected chi connectivity index (χ0v) is 14.2. The molecule has 1 amide bonds. The molecule has 0 radical (unpaired) electrons. The van der Waals surface area contributed by atoms with Crippen LogP contribution in [0.1, 0.15) is 35.2 Å². The largest absolute Gasteiger partial charge is 0.336 e. The van der Waals surface area contributed by atoms with Crippen molar-refractivity contribution in [3.8, 4) is 0 Å². The maximum atomic E-state index is 12.5. The predicted octanol–water partition coefficient (Wildman–Crippen LogP) is 1.45. The number of fused-ring (bicyclic) bond motifs is 2. The molecule has 4 rings (SSSR count). The fraction of sp³-hybridized carbons (Fsp3) is 0.421. The van der Waals surface area contributed by atoms with Crippen molar-refractivity contribution in [2.75, 3.05) is 13.1 Å². The summed E-state index contributed by atoms with van der Waals surface area (Å²) in [5.74, 6) is 0.157. The average Bonchev–Trinajstić information content (AvgIpc) is 3.04. The molecule has 0 saturated heterocycles. The molecule has 0 aliphatic carbocycles. The van der Waals surface area contributed by atoms with E-state index in [9.17, 15) is 9.59 Å². The molecule has 0 spiro atoms. The Morgan fingerprint density at radius 3 is 2.68 bits per heavy atom. The molecule has 1 aromatic heterocycles. The lowest BCUT2D eigenvalue weighted by atomic mass is 10.1. The van der Waals surface area contributed by atoms with Gasteiger partial charge in [-0.15, -0.1) is 0 Å². The van der Waals surface area contributed by atoms with Crippen molar-refractivity contribution in [3.05, 3.63) is 63.3 Å². The lowest BCUT2D eigenvalue weighted by Crippen LogP contribution is -2.39. The Hall–Kier alpha value is -2.47. The topological polar surface area (TPSA) is 69.3 Å². The second-order valence-electron chi connectivity index (χ2n) is 6.81. The van der Waals surface area contributed by atoms with Gasteiger partial charge in [0.15, 0.2) is 0 Å². The average molecular weight is 338 g/mol. The minimum atomic E-state index is -0.0781. The number of aromatic amines is 1. The molecule has 0 unspecified atom stereocenters. The molecule has 6 nitrogen and oxygen atoms in total. The Bertz CT molecular complexity index is 820. The van der Waals surface area contributed by atoms with Crippen LogP contribution in [0, 0.1) is 0 Å². The van der Waals surface area contributed by atoms with Crippen molar-refractivity contribution in [2.45, 2.75) is 38.9 Å². The van der Waals surface area contributed by atoms with Gasteiger partial charge in [0.05, 0.1) is 18.6 Å². The maximum Gasteiger partial charge on any atom is 0.254 e. The number of rotatable bonds is 4. The molecule has 1 N–H and O–H groups in total. The second-order valence-corrected chi connectivity index (χ2v) is 6.81. The molecule has 130 valence electrons. The number of carbonyl (C=O) groups is 1. The van der Waals surface area contributed by atoms with Crippen molar-refractivity contribution in [2.24, 2.45) is 0 Å². The normalized spacial score (nSPS) is 16.6. The van der Waals surface area contributed by atoms with Crippen molar-refractivity contribution in [1.29, 1.82) is 0 Å². The molecule has 2 aliphatic heterocycles. The monoisotopic (exact) mass is 338 g/mol. The third-order valence-corrected chi connectivity index (χ3v) is 5.13. The highest BCUT2D eigenvalue weighted by atomic mass is 16.2. The van der Waals surface area contributed by atoms with E-state index in [1.807, 2.05) is 4.90 Å². The van der Waals surface area contributed by atoms with E-state index in [1.54, 1.807) is 0 Å². The zero-order chi connectivity index (χ0) is 17.2. The van der Waals surface area contributed by atoms with Crippen molar-refractivity contribution < 1.29 is 4.79 Å². The van der Waals surface area contributed by atoms with E-state index in [-0.39, 0.29) is 11.5 Å². The molecule has 3 heterocycles. The highest BCUT2D eigenvalue weighted by Crippen LogP contribution is 2.22. The van der Waals surface area contributed by atoms with Crippen LogP contribution in [0.15, 0.2) is 35.4 Å². The third kappa shape index (κ3) is 3.35. The van der Waals surface area contributed by atoms with Gasteiger partial charge in [0.25, 0.3) is 5.56 Å². The number of carbonyl (C=O) groups excluding carboxylic acids is 1. The van der Waals surface area contributed by atoms with E-state index in [4.69, 9.17) is 0 Å². The minimum Gasteiger partial charge on any atom is -0.336 e. The number of nitrogens with one attached hydrogen (secondary N) is 1. The summed E-state index contributed by atoms with van der Waals surface area (Å²) >= 11 is 0.